The summed E-state index contributed by atoms with van der Waals surface area (Å²) in [7, 11) is 0. The summed E-state index contributed by atoms with van der Waals surface area (Å²) in [5.74, 6) is -0.333. The molecule has 0 saturated carbocycles. The van der Waals surface area contributed by atoms with E-state index in [-0.39, 0.29) is 23.7 Å². The molecule has 0 aromatic carbocycles. The van der Waals surface area contributed by atoms with E-state index in [9.17, 15) is 9.59 Å². The molecule has 2 aromatic rings. The predicted molar refractivity (Wildman–Crippen MR) is 78.7 cm³/mol. The Balaban J connectivity index is 2.16. The number of aromatic nitrogens is 3. The second kappa shape index (κ2) is 5.62. The maximum absolute atomic E-state index is 12.0. The van der Waals surface area contributed by atoms with Crippen LogP contribution in [0.3, 0.4) is 0 Å². The summed E-state index contributed by atoms with van der Waals surface area (Å²) < 4.78 is 0.629. The van der Waals surface area contributed by atoms with E-state index in [0.717, 1.165) is 17.0 Å². The minimum absolute atomic E-state index is 0.165. The van der Waals surface area contributed by atoms with Crippen molar-refractivity contribution in [1.29, 1.82) is 0 Å². The quantitative estimate of drug-likeness (QED) is 0.795. The fourth-order valence-corrected chi connectivity index (χ4v) is 2.28. The summed E-state index contributed by atoms with van der Waals surface area (Å²) in [6, 6.07) is 1.87. The molecule has 2 aromatic heterocycles. The molecule has 0 fully saturated rings. The van der Waals surface area contributed by atoms with Crippen LogP contribution >= 0.6 is 15.9 Å². The van der Waals surface area contributed by atoms with Crippen molar-refractivity contribution in [2.45, 2.75) is 27.3 Å². The highest BCUT2D eigenvalue weighted by atomic mass is 79.9. The van der Waals surface area contributed by atoms with Gasteiger partial charge in [-0.25, -0.2) is 0 Å². The van der Waals surface area contributed by atoms with Gasteiger partial charge in [-0.1, -0.05) is 0 Å². The van der Waals surface area contributed by atoms with E-state index in [2.05, 4.69) is 36.4 Å². The number of nitrogens with zero attached hydrogens (tertiary/aromatic N) is 1. The Morgan fingerprint density at radius 1 is 1.40 bits per heavy atom. The molecule has 20 heavy (non-hydrogen) atoms. The molecule has 1 amide bonds. The molecule has 0 unspecified atom stereocenters. The maximum atomic E-state index is 12.0. The van der Waals surface area contributed by atoms with Gasteiger partial charge >= 0.3 is 0 Å². The zero-order chi connectivity index (χ0) is 14.9. The molecule has 0 aliphatic heterocycles. The fourth-order valence-electron chi connectivity index (χ4n) is 1.92. The Morgan fingerprint density at radius 3 is 2.65 bits per heavy atom. The van der Waals surface area contributed by atoms with Gasteiger partial charge in [-0.2, -0.15) is 5.10 Å². The van der Waals surface area contributed by atoms with Crippen LogP contribution in [-0.2, 0) is 6.54 Å². The van der Waals surface area contributed by atoms with Gasteiger partial charge in [0.25, 0.3) is 11.5 Å². The lowest BCUT2D eigenvalue weighted by Gasteiger charge is -2.07. The summed E-state index contributed by atoms with van der Waals surface area (Å²) >= 11 is 3.29. The molecule has 0 radical (unpaired) electrons. The molecule has 0 bridgehead atoms. The number of aromatic amines is 2. The van der Waals surface area contributed by atoms with Gasteiger partial charge in [0.15, 0.2) is 5.69 Å². The first-order valence-electron chi connectivity index (χ1n) is 6.08. The highest BCUT2D eigenvalue weighted by molar-refractivity contribution is 9.10. The monoisotopic (exact) mass is 338 g/mol. The molecule has 0 saturated heterocycles. The van der Waals surface area contributed by atoms with E-state index in [4.69, 9.17) is 0 Å². The van der Waals surface area contributed by atoms with E-state index in [1.54, 1.807) is 0 Å². The van der Waals surface area contributed by atoms with Crippen LogP contribution in [0.4, 0.5) is 0 Å². The number of H-pyrrole nitrogens is 2. The Kier molecular flexibility index (Phi) is 4.08. The number of carbonyl (C=O) groups excluding carboxylic acids is 1. The van der Waals surface area contributed by atoms with Crippen LogP contribution in [0.5, 0.6) is 0 Å². The van der Waals surface area contributed by atoms with Gasteiger partial charge in [-0.3, -0.25) is 14.7 Å². The highest BCUT2D eigenvalue weighted by Gasteiger charge is 2.16. The van der Waals surface area contributed by atoms with Crippen molar-refractivity contribution >= 4 is 21.8 Å². The van der Waals surface area contributed by atoms with E-state index in [1.807, 2.05) is 26.8 Å². The lowest BCUT2D eigenvalue weighted by Crippen LogP contribution is -2.28. The highest BCUT2D eigenvalue weighted by Crippen LogP contribution is 2.17. The number of rotatable bonds is 3. The van der Waals surface area contributed by atoms with Gasteiger partial charge in [-0.05, 0) is 48.3 Å². The Bertz CT molecular complexity index is 718. The molecule has 2 rings (SSSR count). The number of halogens is 1. The number of hydrogen-bond acceptors (Lipinski definition) is 3. The molecule has 106 valence electrons. The van der Waals surface area contributed by atoms with Crippen LogP contribution in [-0.4, -0.2) is 21.1 Å². The lowest BCUT2D eigenvalue weighted by atomic mass is 10.1. The lowest BCUT2D eigenvalue weighted by molar-refractivity contribution is 0.0945. The van der Waals surface area contributed by atoms with Crippen molar-refractivity contribution in [3.05, 3.63) is 49.1 Å². The van der Waals surface area contributed by atoms with Crippen molar-refractivity contribution in [3.8, 4) is 0 Å². The van der Waals surface area contributed by atoms with Crippen LogP contribution in [0.2, 0.25) is 0 Å². The van der Waals surface area contributed by atoms with Crippen molar-refractivity contribution < 1.29 is 4.79 Å². The predicted octanol–water partition coefficient (Wildman–Crippen LogP) is 1.72. The summed E-state index contributed by atoms with van der Waals surface area (Å²) in [6.45, 7) is 5.64. The number of nitrogens with one attached hydrogen (secondary N) is 3. The number of carbonyl (C=O) groups is 1. The molecule has 0 aliphatic rings. The van der Waals surface area contributed by atoms with Gasteiger partial charge in [0, 0.05) is 23.5 Å². The van der Waals surface area contributed by atoms with E-state index < -0.39 is 0 Å². The summed E-state index contributed by atoms with van der Waals surface area (Å²) in [6.07, 6.45) is 0. The van der Waals surface area contributed by atoms with Gasteiger partial charge in [0.2, 0.25) is 0 Å². The molecule has 0 atom stereocenters. The standard InChI is InChI=1S/C13H15BrN4O2/c1-6-4-7(2)16-12(19)9(6)5-15-13(20)11-10(14)8(3)17-18-11/h4H,5H2,1-3H3,(H,15,20)(H,16,19)(H,17,18). The molecule has 2 heterocycles. The zero-order valence-electron chi connectivity index (χ0n) is 11.4. The largest absolute Gasteiger partial charge is 0.346 e. The van der Waals surface area contributed by atoms with Crippen molar-refractivity contribution in [2.24, 2.45) is 0 Å². The molecular weight excluding hydrogens is 324 g/mol. The zero-order valence-corrected chi connectivity index (χ0v) is 13.0. The molecular formula is C13H15BrN4O2. The molecule has 0 spiro atoms. The summed E-state index contributed by atoms with van der Waals surface area (Å²) in [4.78, 5) is 26.6. The second-order valence-corrected chi connectivity index (χ2v) is 5.43. The van der Waals surface area contributed by atoms with Crippen LogP contribution in [0.25, 0.3) is 0 Å². The average molecular weight is 339 g/mol. The van der Waals surface area contributed by atoms with Crippen molar-refractivity contribution in [1.82, 2.24) is 20.5 Å². The SMILES string of the molecule is Cc1cc(C)c(CNC(=O)c2n[nH]c(C)c2Br)c(=O)[nH]1. The molecule has 3 N–H and O–H groups in total. The smallest absolute Gasteiger partial charge is 0.273 e. The number of pyridine rings is 1. The van der Waals surface area contributed by atoms with Gasteiger partial charge < -0.3 is 10.3 Å². The first-order valence-corrected chi connectivity index (χ1v) is 6.87. The van der Waals surface area contributed by atoms with Gasteiger partial charge in [0.05, 0.1) is 4.47 Å². The van der Waals surface area contributed by atoms with Crippen molar-refractivity contribution in [3.63, 3.8) is 0 Å². The Morgan fingerprint density at radius 2 is 2.10 bits per heavy atom. The number of hydrogen-bond donors (Lipinski definition) is 3. The minimum Gasteiger partial charge on any atom is -0.346 e. The third-order valence-corrected chi connectivity index (χ3v) is 3.98. The van der Waals surface area contributed by atoms with Gasteiger partial charge in [-0.15, -0.1) is 0 Å². The number of amides is 1. The average Bonchev–Trinajstić information content (AvgIpc) is 2.68. The maximum Gasteiger partial charge on any atom is 0.273 e. The van der Waals surface area contributed by atoms with Crippen LogP contribution in [0.15, 0.2) is 15.3 Å². The van der Waals surface area contributed by atoms with E-state index >= 15 is 0 Å². The fraction of sp³-hybridized carbons (Fsp3) is 0.308. The van der Waals surface area contributed by atoms with E-state index in [0.29, 0.717) is 10.0 Å². The topological polar surface area (TPSA) is 90.6 Å². The van der Waals surface area contributed by atoms with Crippen LogP contribution in [0.1, 0.15) is 33.0 Å². The Hall–Kier alpha value is -1.89. The van der Waals surface area contributed by atoms with Crippen molar-refractivity contribution in [2.75, 3.05) is 0 Å². The van der Waals surface area contributed by atoms with Crippen LogP contribution < -0.4 is 10.9 Å². The third-order valence-electron chi connectivity index (χ3n) is 3.01. The second-order valence-electron chi connectivity index (χ2n) is 4.64. The van der Waals surface area contributed by atoms with Gasteiger partial charge in [0.1, 0.15) is 0 Å². The molecule has 7 heteroatoms. The first-order chi connectivity index (χ1) is 9.40. The van der Waals surface area contributed by atoms with Crippen LogP contribution in [0, 0.1) is 20.8 Å². The third kappa shape index (κ3) is 2.82. The number of aryl methyl sites for hydroxylation is 3. The normalized spacial score (nSPS) is 10.6. The molecule has 0 aliphatic carbocycles. The Labute approximate surface area is 124 Å². The molecule has 6 nitrogen and oxygen atoms in total. The summed E-state index contributed by atoms with van der Waals surface area (Å²) in [5, 5.41) is 9.34. The minimum atomic E-state index is -0.333. The summed E-state index contributed by atoms with van der Waals surface area (Å²) in [5.41, 5.74) is 3.08. The first kappa shape index (κ1) is 14.5. The van der Waals surface area contributed by atoms with E-state index in [1.165, 1.54) is 0 Å².